The van der Waals surface area contributed by atoms with Crippen molar-refractivity contribution in [1.29, 1.82) is 0 Å². The Morgan fingerprint density at radius 3 is 2.78 bits per heavy atom. The molecule has 0 unspecified atom stereocenters. The van der Waals surface area contributed by atoms with Gasteiger partial charge in [-0.2, -0.15) is 0 Å². The van der Waals surface area contributed by atoms with Crippen LogP contribution in [0.5, 0.6) is 0 Å². The molecule has 8 heteroatoms. The van der Waals surface area contributed by atoms with E-state index in [4.69, 9.17) is 4.52 Å². The fourth-order valence-corrected chi connectivity index (χ4v) is 3.07. The average Bonchev–Trinajstić information content (AvgIpc) is 3.28. The monoisotopic (exact) mass is 360 g/mol. The number of aromatic nitrogens is 5. The van der Waals surface area contributed by atoms with Crippen molar-refractivity contribution >= 4 is 22.6 Å². The summed E-state index contributed by atoms with van der Waals surface area (Å²) >= 11 is 0. The summed E-state index contributed by atoms with van der Waals surface area (Å²) in [5, 5.41) is 19.7. The number of para-hydroxylation sites is 1. The Bertz CT molecular complexity index is 1110. The molecule has 2 aromatic carbocycles. The molecule has 2 heterocycles. The average molecular weight is 360 g/mol. The summed E-state index contributed by atoms with van der Waals surface area (Å²) < 4.78 is 7.11. The molecule has 1 aliphatic rings. The number of carbonyl (C=O) groups is 1. The van der Waals surface area contributed by atoms with E-state index in [1.54, 1.807) is 0 Å². The second kappa shape index (κ2) is 6.31. The van der Waals surface area contributed by atoms with Crippen molar-refractivity contribution in [2.24, 2.45) is 0 Å². The number of fused-ring (bicyclic) bond motifs is 1. The molecule has 8 nitrogen and oxygen atoms in total. The summed E-state index contributed by atoms with van der Waals surface area (Å²) in [5.41, 5.74) is 2.94. The van der Waals surface area contributed by atoms with Crippen LogP contribution in [-0.4, -0.2) is 31.3 Å². The fourth-order valence-electron chi connectivity index (χ4n) is 3.07. The highest BCUT2D eigenvalue weighted by Crippen LogP contribution is 2.36. The first-order chi connectivity index (χ1) is 13.3. The van der Waals surface area contributed by atoms with Crippen LogP contribution in [0.25, 0.3) is 22.4 Å². The lowest BCUT2D eigenvalue weighted by molar-refractivity contribution is -0.115. The lowest BCUT2D eigenvalue weighted by Gasteiger charge is -2.06. The third-order valence-corrected chi connectivity index (χ3v) is 4.59. The Morgan fingerprint density at radius 1 is 1.15 bits per heavy atom. The molecule has 0 radical (unpaired) electrons. The summed E-state index contributed by atoms with van der Waals surface area (Å²) in [5.74, 6) is 0.606. The van der Waals surface area contributed by atoms with Crippen LogP contribution in [-0.2, 0) is 11.2 Å². The number of hydrogen-bond donors (Lipinski definition) is 1. The number of carbonyl (C=O) groups excluding carboxylic acids is 1. The van der Waals surface area contributed by atoms with E-state index in [9.17, 15) is 4.79 Å². The van der Waals surface area contributed by atoms with Gasteiger partial charge in [-0.05, 0) is 59.7 Å². The minimum Gasteiger partial charge on any atom is -0.356 e. The van der Waals surface area contributed by atoms with Crippen LogP contribution in [0.15, 0.2) is 53.1 Å². The molecule has 0 saturated heterocycles. The summed E-state index contributed by atoms with van der Waals surface area (Å²) in [6, 6.07) is 15.4. The summed E-state index contributed by atoms with van der Waals surface area (Å²) in [6.07, 6.45) is 2.38. The zero-order valence-corrected chi connectivity index (χ0v) is 14.4. The van der Waals surface area contributed by atoms with Crippen molar-refractivity contribution in [2.45, 2.75) is 25.3 Å². The molecule has 0 aliphatic heterocycles. The fraction of sp³-hybridized carbons (Fsp3) is 0.211. The van der Waals surface area contributed by atoms with Crippen LogP contribution >= 0.6 is 0 Å². The number of nitrogens with zero attached hydrogens (tertiary/aromatic N) is 5. The molecule has 5 rings (SSSR count). The number of tetrazole rings is 1. The first-order valence-electron chi connectivity index (χ1n) is 8.79. The van der Waals surface area contributed by atoms with E-state index in [-0.39, 0.29) is 12.3 Å². The van der Waals surface area contributed by atoms with E-state index in [1.165, 1.54) is 0 Å². The zero-order valence-electron chi connectivity index (χ0n) is 14.4. The van der Waals surface area contributed by atoms with Gasteiger partial charge < -0.3 is 9.84 Å². The second-order valence-electron chi connectivity index (χ2n) is 6.61. The molecule has 27 heavy (non-hydrogen) atoms. The first-order valence-corrected chi connectivity index (χ1v) is 8.79. The number of amides is 1. The van der Waals surface area contributed by atoms with Gasteiger partial charge in [-0.15, -0.1) is 5.10 Å². The van der Waals surface area contributed by atoms with Crippen LogP contribution in [0.4, 0.5) is 5.69 Å². The predicted octanol–water partition coefficient (Wildman–Crippen LogP) is 3.00. The van der Waals surface area contributed by atoms with Crippen molar-refractivity contribution in [3.8, 4) is 11.4 Å². The molecular weight excluding hydrogens is 344 g/mol. The van der Waals surface area contributed by atoms with E-state index in [0.717, 1.165) is 29.6 Å². The molecule has 0 spiro atoms. The topological polar surface area (TPSA) is 98.7 Å². The van der Waals surface area contributed by atoms with Gasteiger partial charge in [0.2, 0.25) is 5.91 Å². The highest BCUT2D eigenvalue weighted by Gasteiger charge is 2.28. The Hall–Kier alpha value is -3.55. The molecule has 1 amide bonds. The summed E-state index contributed by atoms with van der Waals surface area (Å²) in [7, 11) is 0. The van der Waals surface area contributed by atoms with Gasteiger partial charge in [-0.25, -0.2) is 4.68 Å². The van der Waals surface area contributed by atoms with Gasteiger partial charge in [0.1, 0.15) is 5.69 Å². The maximum Gasteiger partial charge on any atom is 0.230 e. The normalized spacial score (nSPS) is 13.8. The lowest BCUT2D eigenvalue weighted by Crippen LogP contribution is -2.14. The van der Waals surface area contributed by atoms with Gasteiger partial charge in [0.15, 0.2) is 11.4 Å². The van der Waals surface area contributed by atoms with Gasteiger partial charge in [-0.1, -0.05) is 17.3 Å². The van der Waals surface area contributed by atoms with Crippen molar-refractivity contribution in [1.82, 2.24) is 25.4 Å². The van der Waals surface area contributed by atoms with E-state index < -0.39 is 0 Å². The van der Waals surface area contributed by atoms with Crippen molar-refractivity contribution in [3.63, 3.8) is 0 Å². The molecule has 4 aromatic rings. The maximum absolute atomic E-state index is 12.4. The van der Waals surface area contributed by atoms with Crippen LogP contribution in [0, 0.1) is 0 Å². The van der Waals surface area contributed by atoms with Gasteiger partial charge >= 0.3 is 0 Å². The van der Waals surface area contributed by atoms with Crippen LogP contribution in [0.3, 0.4) is 0 Å². The molecule has 134 valence electrons. The van der Waals surface area contributed by atoms with Crippen molar-refractivity contribution < 1.29 is 9.32 Å². The number of nitrogens with one attached hydrogen (secondary N) is 1. The number of benzene rings is 2. The first kappa shape index (κ1) is 15.7. The van der Waals surface area contributed by atoms with E-state index >= 15 is 0 Å². The molecule has 2 aromatic heterocycles. The van der Waals surface area contributed by atoms with Crippen molar-refractivity contribution in [2.75, 3.05) is 5.32 Å². The second-order valence-corrected chi connectivity index (χ2v) is 6.61. The zero-order chi connectivity index (χ0) is 18.2. The minimum absolute atomic E-state index is 0.149. The highest BCUT2D eigenvalue weighted by atomic mass is 16.5. The minimum atomic E-state index is -0.149. The SMILES string of the molecule is O=C(Cc1noc2ccccc12)Nc1ccc(-c2nnnn2C2CC2)cc1. The van der Waals surface area contributed by atoms with Gasteiger partial charge in [0, 0.05) is 16.6 Å². The number of hydrogen-bond acceptors (Lipinski definition) is 6. The number of rotatable bonds is 5. The van der Waals surface area contributed by atoms with Gasteiger partial charge in [0.05, 0.1) is 12.5 Å². The quantitative estimate of drug-likeness (QED) is 0.587. The van der Waals surface area contributed by atoms with Gasteiger partial charge in [0.25, 0.3) is 0 Å². The third-order valence-electron chi connectivity index (χ3n) is 4.59. The third kappa shape index (κ3) is 3.05. The van der Waals surface area contributed by atoms with E-state index in [0.29, 0.717) is 23.0 Å². The number of anilines is 1. The van der Waals surface area contributed by atoms with Crippen molar-refractivity contribution in [3.05, 3.63) is 54.2 Å². The molecule has 1 aliphatic carbocycles. The van der Waals surface area contributed by atoms with Gasteiger partial charge in [-0.3, -0.25) is 4.79 Å². The molecule has 0 bridgehead atoms. The summed E-state index contributed by atoms with van der Waals surface area (Å²) in [4.78, 5) is 12.4. The maximum atomic E-state index is 12.4. The van der Waals surface area contributed by atoms with E-state index in [2.05, 4.69) is 26.0 Å². The molecule has 1 N–H and O–H groups in total. The van der Waals surface area contributed by atoms with E-state index in [1.807, 2.05) is 53.2 Å². The smallest absolute Gasteiger partial charge is 0.230 e. The largest absolute Gasteiger partial charge is 0.356 e. The Kier molecular flexibility index (Phi) is 3.67. The molecular formula is C19H16N6O2. The Labute approximate surface area is 154 Å². The lowest BCUT2D eigenvalue weighted by atomic mass is 10.1. The van der Waals surface area contributed by atoms with Crippen LogP contribution in [0.1, 0.15) is 24.6 Å². The van der Waals surface area contributed by atoms with Crippen LogP contribution in [0.2, 0.25) is 0 Å². The highest BCUT2D eigenvalue weighted by molar-refractivity contribution is 5.94. The Balaban J connectivity index is 1.29. The predicted molar refractivity (Wildman–Crippen MR) is 97.9 cm³/mol. The molecule has 1 saturated carbocycles. The molecule has 0 atom stereocenters. The Morgan fingerprint density at radius 2 is 1.96 bits per heavy atom. The molecule has 1 fully saturated rings. The standard InChI is InChI=1S/C19H16N6O2/c26-18(11-16-15-3-1-2-4-17(15)27-22-16)20-13-7-5-12(6-8-13)19-21-23-24-25(19)14-9-10-14/h1-8,14H,9-11H2,(H,20,26). The summed E-state index contributed by atoms with van der Waals surface area (Å²) in [6.45, 7) is 0. The van der Waals surface area contributed by atoms with Crippen LogP contribution < -0.4 is 5.32 Å².